The molecule has 1 rings (SSSR count). The predicted octanol–water partition coefficient (Wildman–Crippen LogP) is -1.72. The van der Waals surface area contributed by atoms with Crippen LogP contribution in [0.2, 0.25) is 0 Å². The minimum atomic E-state index is -4.71. The van der Waals surface area contributed by atoms with Crippen molar-refractivity contribution in [2.75, 3.05) is 13.1 Å². The molecule has 3 atom stereocenters. The summed E-state index contributed by atoms with van der Waals surface area (Å²) < 4.78 is 26.8. The first kappa shape index (κ1) is 28.4. The summed E-state index contributed by atoms with van der Waals surface area (Å²) in [6.45, 7) is -1.37. The van der Waals surface area contributed by atoms with Crippen molar-refractivity contribution < 1.29 is 52.9 Å². The van der Waals surface area contributed by atoms with Crippen LogP contribution in [0, 0.1) is 10.1 Å². The van der Waals surface area contributed by atoms with Gasteiger partial charge in [0.25, 0.3) is 5.69 Å². The lowest BCUT2D eigenvalue weighted by Crippen LogP contribution is -2.54. The highest BCUT2D eigenvalue weighted by Crippen LogP contribution is 2.22. The van der Waals surface area contributed by atoms with Crippen LogP contribution in [0.3, 0.4) is 0 Å². The van der Waals surface area contributed by atoms with E-state index in [1.165, 1.54) is 12.1 Å². The minimum absolute atomic E-state index is 0.357. The third-order valence-electron chi connectivity index (χ3n) is 4.33. The number of hydrogen-bond donors (Lipinski definition) is 7. The van der Waals surface area contributed by atoms with Gasteiger partial charge in [-0.05, 0) is 12.5 Å². The summed E-state index contributed by atoms with van der Waals surface area (Å²) in [5.74, 6) is -5.97. The number of nitro groups is 1. The number of hydrogen-bond acceptors (Lipinski definition) is 10. The Morgan fingerprint density at radius 3 is 1.88 bits per heavy atom. The summed E-state index contributed by atoms with van der Waals surface area (Å²) in [5, 5.41) is 52.0. The van der Waals surface area contributed by atoms with Gasteiger partial charge in [0, 0.05) is 25.6 Å². The van der Waals surface area contributed by atoms with E-state index in [-0.39, 0.29) is 6.42 Å². The monoisotopic (exact) mass is 506 g/mol. The van der Waals surface area contributed by atoms with Gasteiger partial charge in [-0.1, -0.05) is 12.1 Å². The molecule has 188 valence electrons. The van der Waals surface area contributed by atoms with E-state index < -0.39 is 87.0 Å². The standard InChI is InChI=1S/C17H22N4O12S/c22-14(23)6-5-9(15(24)25)18-7-10(16(26)27)19-8-11(17(28)29)20-34(32,33)13-4-2-1-3-12(13)21(30)31/h1-4,9-11,18-20H,5-8H2,(H,22,23)(H,24,25)(H,26,27)(H,28,29). The fourth-order valence-corrected chi connectivity index (χ4v) is 3.97. The topological polar surface area (TPSA) is 263 Å². The van der Waals surface area contributed by atoms with Crippen LogP contribution in [0.4, 0.5) is 5.69 Å². The normalized spacial score (nSPS) is 14.0. The van der Waals surface area contributed by atoms with Crippen LogP contribution >= 0.6 is 0 Å². The molecular weight excluding hydrogens is 484 g/mol. The van der Waals surface area contributed by atoms with Gasteiger partial charge in [-0.25, -0.2) is 8.42 Å². The molecule has 0 aliphatic heterocycles. The second kappa shape index (κ2) is 12.5. The number of aliphatic carboxylic acids is 4. The number of para-hydroxylation sites is 1. The zero-order valence-corrected chi connectivity index (χ0v) is 18.1. The molecule has 0 radical (unpaired) electrons. The minimum Gasteiger partial charge on any atom is -0.481 e. The van der Waals surface area contributed by atoms with Gasteiger partial charge in [-0.15, -0.1) is 0 Å². The number of nitrogens with one attached hydrogen (secondary N) is 3. The zero-order valence-electron chi connectivity index (χ0n) is 17.3. The van der Waals surface area contributed by atoms with E-state index >= 15 is 0 Å². The first-order chi connectivity index (χ1) is 15.8. The molecule has 1 aromatic carbocycles. The molecule has 0 saturated heterocycles. The number of nitrogens with zero attached hydrogens (tertiary/aromatic N) is 1. The second-order valence-electron chi connectivity index (χ2n) is 6.77. The Labute approximate surface area is 191 Å². The Morgan fingerprint density at radius 1 is 0.882 bits per heavy atom. The summed E-state index contributed by atoms with van der Waals surface area (Å²) >= 11 is 0. The van der Waals surface area contributed by atoms with Crippen LogP contribution < -0.4 is 15.4 Å². The van der Waals surface area contributed by atoms with Gasteiger partial charge in [-0.3, -0.25) is 29.3 Å². The van der Waals surface area contributed by atoms with Crippen LogP contribution in [0.15, 0.2) is 29.2 Å². The Morgan fingerprint density at radius 2 is 1.38 bits per heavy atom. The molecule has 16 nitrogen and oxygen atoms in total. The smallest absolute Gasteiger partial charge is 0.323 e. The van der Waals surface area contributed by atoms with Crippen LogP contribution in [-0.2, 0) is 29.2 Å². The summed E-state index contributed by atoms with van der Waals surface area (Å²) in [6, 6.07) is -0.771. The molecule has 0 spiro atoms. The molecule has 3 unspecified atom stereocenters. The van der Waals surface area contributed by atoms with Crippen LogP contribution in [0.5, 0.6) is 0 Å². The fourth-order valence-electron chi connectivity index (χ4n) is 2.61. The summed E-state index contributed by atoms with van der Waals surface area (Å²) in [5.41, 5.74) is -0.805. The lowest BCUT2D eigenvalue weighted by atomic mass is 10.1. The van der Waals surface area contributed by atoms with Gasteiger partial charge >= 0.3 is 23.9 Å². The maximum Gasteiger partial charge on any atom is 0.323 e. The van der Waals surface area contributed by atoms with E-state index in [4.69, 9.17) is 10.2 Å². The first-order valence-electron chi connectivity index (χ1n) is 9.39. The Balaban J connectivity index is 2.92. The van der Waals surface area contributed by atoms with Gasteiger partial charge in [0.05, 0.1) is 4.92 Å². The van der Waals surface area contributed by atoms with Crippen LogP contribution in [0.25, 0.3) is 0 Å². The molecule has 0 fully saturated rings. The van der Waals surface area contributed by atoms with E-state index in [1.54, 1.807) is 4.72 Å². The van der Waals surface area contributed by atoms with Crippen molar-refractivity contribution in [3.8, 4) is 0 Å². The van der Waals surface area contributed by atoms with E-state index in [2.05, 4.69) is 10.6 Å². The molecule has 0 saturated carbocycles. The van der Waals surface area contributed by atoms with Crippen molar-refractivity contribution >= 4 is 39.6 Å². The third kappa shape index (κ3) is 8.70. The van der Waals surface area contributed by atoms with Gasteiger partial charge in [0.15, 0.2) is 4.90 Å². The van der Waals surface area contributed by atoms with Crippen LogP contribution in [0.1, 0.15) is 12.8 Å². The van der Waals surface area contributed by atoms with E-state index in [0.717, 1.165) is 12.1 Å². The van der Waals surface area contributed by atoms with Gasteiger partial charge in [0.1, 0.15) is 18.1 Å². The fraction of sp³-hybridized carbons (Fsp3) is 0.412. The van der Waals surface area contributed by atoms with Crippen molar-refractivity contribution in [2.24, 2.45) is 0 Å². The molecular formula is C17H22N4O12S. The molecule has 7 N–H and O–H groups in total. The number of benzene rings is 1. The number of nitro benzene ring substituents is 1. The largest absolute Gasteiger partial charge is 0.481 e. The molecule has 0 aromatic heterocycles. The van der Waals surface area contributed by atoms with Crippen molar-refractivity contribution in [1.82, 2.24) is 15.4 Å². The Bertz CT molecular complexity index is 1040. The molecule has 0 amide bonds. The molecule has 1 aromatic rings. The molecule has 34 heavy (non-hydrogen) atoms. The number of carbonyl (C=O) groups is 4. The second-order valence-corrected chi connectivity index (χ2v) is 8.45. The highest BCUT2D eigenvalue weighted by Gasteiger charge is 2.32. The highest BCUT2D eigenvalue weighted by atomic mass is 32.2. The number of rotatable bonds is 16. The number of sulfonamides is 1. The third-order valence-corrected chi connectivity index (χ3v) is 5.85. The van der Waals surface area contributed by atoms with Crippen molar-refractivity contribution in [2.45, 2.75) is 35.9 Å². The van der Waals surface area contributed by atoms with E-state index in [1.807, 2.05) is 0 Å². The Hall–Kier alpha value is -3.67. The maximum absolute atomic E-state index is 12.5. The van der Waals surface area contributed by atoms with E-state index in [0.29, 0.717) is 0 Å². The highest BCUT2D eigenvalue weighted by molar-refractivity contribution is 7.89. The molecule has 17 heteroatoms. The van der Waals surface area contributed by atoms with Crippen molar-refractivity contribution in [3.05, 3.63) is 34.4 Å². The SMILES string of the molecule is O=C(O)CCC(NCC(NCC(NS(=O)(=O)c1ccccc1[N+](=O)[O-])C(=O)O)C(=O)O)C(=O)O. The molecule has 0 aliphatic carbocycles. The van der Waals surface area contributed by atoms with Gasteiger partial charge in [0.2, 0.25) is 10.0 Å². The zero-order chi connectivity index (χ0) is 26.1. The molecule has 0 bridgehead atoms. The first-order valence-corrected chi connectivity index (χ1v) is 10.9. The van der Waals surface area contributed by atoms with Crippen molar-refractivity contribution in [3.63, 3.8) is 0 Å². The summed E-state index contributed by atoms with van der Waals surface area (Å²) in [4.78, 5) is 54.1. The quantitative estimate of drug-likeness (QED) is 0.0971. The average Bonchev–Trinajstić information content (AvgIpc) is 2.73. The molecule has 0 aliphatic rings. The van der Waals surface area contributed by atoms with Gasteiger partial charge < -0.3 is 31.1 Å². The maximum atomic E-state index is 12.5. The average molecular weight is 506 g/mol. The van der Waals surface area contributed by atoms with Crippen LogP contribution in [-0.4, -0.2) is 88.9 Å². The molecule has 0 heterocycles. The summed E-state index contributed by atoms with van der Waals surface area (Å²) in [6.07, 6.45) is -0.867. The summed E-state index contributed by atoms with van der Waals surface area (Å²) in [7, 11) is -4.71. The van der Waals surface area contributed by atoms with Crippen molar-refractivity contribution in [1.29, 1.82) is 0 Å². The Kier molecular flexibility index (Phi) is 10.5. The number of carboxylic acids is 4. The predicted molar refractivity (Wildman–Crippen MR) is 111 cm³/mol. The lowest BCUT2D eigenvalue weighted by Gasteiger charge is -2.21. The van der Waals surface area contributed by atoms with E-state index in [9.17, 15) is 47.9 Å². The van der Waals surface area contributed by atoms with Gasteiger partial charge in [-0.2, -0.15) is 4.72 Å². The number of carboxylic acid groups (broad SMARTS) is 4. The lowest BCUT2D eigenvalue weighted by molar-refractivity contribution is -0.387.